The zero-order valence-corrected chi connectivity index (χ0v) is 5.00. The average Bonchev–Trinajstić information content (AvgIpc) is 1.27. The van der Waals surface area contributed by atoms with Gasteiger partial charge in [-0.1, -0.05) is 25.3 Å². The van der Waals surface area contributed by atoms with Crippen molar-refractivity contribution in [2.45, 2.75) is 0 Å². The van der Waals surface area contributed by atoms with Crippen molar-refractivity contribution in [2.24, 2.45) is 0 Å². The van der Waals surface area contributed by atoms with Crippen molar-refractivity contribution in [1.82, 2.24) is 0 Å². The van der Waals surface area contributed by atoms with Crippen LogP contribution < -0.4 is 0 Å². The minimum atomic E-state index is -0.819. The Morgan fingerprint density at radius 2 is 2.00 bits per heavy atom. The highest BCUT2D eigenvalue weighted by atomic mass is 32.1. The maximum absolute atomic E-state index is 9.71. The van der Waals surface area contributed by atoms with Gasteiger partial charge in [0, 0.05) is 0 Å². The molecule has 0 amide bonds. The first kappa shape index (κ1) is 6.84. The van der Waals surface area contributed by atoms with Gasteiger partial charge in [-0.15, -0.1) is 0 Å². The van der Waals surface area contributed by atoms with Crippen LogP contribution in [-0.2, 0) is 4.74 Å². The SMILES string of the molecule is N=C(S)OC(=O)S. The van der Waals surface area contributed by atoms with E-state index in [-0.39, 0.29) is 0 Å². The van der Waals surface area contributed by atoms with E-state index >= 15 is 0 Å². The van der Waals surface area contributed by atoms with Gasteiger partial charge in [0.1, 0.15) is 0 Å². The predicted octanol–water partition coefficient (Wildman–Crippen LogP) is 0.917. The summed E-state index contributed by atoms with van der Waals surface area (Å²) in [5.41, 5.74) is 0. The summed E-state index contributed by atoms with van der Waals surface area (Å²) in [6.07, 6.45) is 0. The number of carbonyl (C=O) groups excluding carboxylic acids is 1. The molecule has 1 N–H and O–H groups in total. The molecule has 7 heavy (non-hydrogen) atoms. The molecule has 0 aromatic rings. The summed E-state index contributed by atoms with van der Waals surface area (Å²) < 4.78 is 3.92. The molecule has 0 atom stereocenters. The molecule has 0 spiro atoms. The lowest BCUT2D eigenvalue weighted by Gasteiger charge is -1.89. The fraction of sp³-hybridized carbons (Fsp3) is 0. The molecule has 0 aliphatic carbocycles. The van der Waals surface area contributed by atoms with Gasteiger partial charge in [0.15, 0.2) is 0 Å². The van der Waals surface area contributed by atoms with Crippen LogP contribution in [-0.4, -0.2) is 10.5 Å². The van der Waals surface area contributed by atoms with Crippen LogP contribution in [0.2, 0.25) is 0 Å². The van der Waals surface area contributed by atoms with Crippen molar-refractivity contribution in [2.75, 3.05) is 0 Å². The largest absolute Gasteiger partial charge is 0.394 e. The second kappa shape index (κ2) is 2.92. The molecule has 0 heterocycles. The average molecular weight is 137 g/mol. The molecule has 0 fully saturated rings. The molecular formula is C2H3NO2S2. The van der Waals surface area contributed by atoms with Gasteiger partial charge < -0.3 is 4.74 Å². The Hall–Kier alpha value is -0.160. The van der Waals surface area contributed by atoms with Gasteiger partial charge in [-0.3, -0.25) is 5.41 Å². The Kier molecular flexibility index (Phi) is 2.86. The molecule has 0 radical (unpaired) electrons. The lowest BCUT2D eigenvalue weighted by Crippen LogP contribution is -1.95. The Balaban J connectivity index is 3.32. The number of thiol groups is 2. The van der Waals surface area contributed by atoms with Crippen molar-refractivity contribution >= 4 is 35.8 Å². The first-order valence-corrected chi connectivity index (χ1v) is 2.20. The Bertz CT molecular complexity index is 89.9. The number of carbonyl (C=O) groups is 1. The third-order valence-corrected chi connectivity index (χ3v) is 0.367. The minimum absolute atomic E-state index is 0.444. The Morgan fingerprint density at radius 3 is 2.00 bits per heavy atom. The normalized spacial score (nSPS) is 7.71. The topological polar surface area (TPSA) is 50.1 Å². The van der Waals surface area contributed by atoms with Crippen molar-refractivity contribution in [3.8, 4) is 0 Å². The van der Waals surface area contributed by atoms with Crippen molar-refractivity contribution in [3.63, 3.8) is 0 Å². The molecule has 5 heteroatoms. The summed E-state index contributed by atoms with van der Waals surface area (Å²) in [5.74, 6) is 0. The van der Waals surface area contributed by atoms with E-state index in [1.54, 1.807) is 0 Å². The molecular weight excluding hydrogens is 134 g/mol. The smallest absolute Gasteiger partial charge is 0.371 e. The second-order valence-electron chi connectivity index (χ2n) is 0.673. The number of rotatable bonds is 0. The van der Waals surface area contributed by atoms with Gasteiger partial charge in [-0.05, 0) is 0 Å². The number of ether oxygens (including phenoxy) is 1. The van der Waals surface area contributed by atoms with Crippen LogP contribution >= 0.6 is 25.3 Å². The molecule has 0 aromatic carbocycles. The summed E-state index contributed by atoms with van der Waals surface area (Å²) in [6, 6.07) is 0. The first-order valence-electron chi connectivity index (χ1n) is 1.31. The van der Waals surface area contributed by atoms with E-state index in [1.165, 1.54) is 0 Å². The number of hydrogen-bond acceptors (Lipinski definition) is 3. The third-order valence-electron chi connectivity index (χ3n) is 0.184. The molecule has 0 aromatic heterocycles. The van der Waals surface area contributed by atoms with Gasteiger partial charge in [0.2, 0.25) is 5.23 Å². The summed E-state index contributed by atoms with van der Waals surface area (Å²) in [5, 5.41) is 5.13. The highest BCUT2D eigenvalue weighted by Crippen LogP contribution is 1.88. The van der Waals surface area contributed by atoms with Crippen LogP contribution in [0.3, 0.4) is 0 Å². The lowest BCUT2D eigenvalue weighted by atomic mass is 11.4. The van der Waals surface area contributed by atoms with Crippen LogP contribution in [0.1, 0.15) is 0 Å². The van der Waals surface area contributed by atoms with E-state index in [1.807, 2.05) is 0 Å². The first-order chi connectivity index (χ1) is 3.13. The van der Waals surface area contributed by atoms with Gasteiger partial charge >= 0.3 is 5.30 Å². The summed E-state index contributed by atoms with van der Waals surface area (Å²) >= 11 is 6.52. The minimum Gasteiger partial charge on any atom is -0.394 e. The second-order valence-corrected chi connectivity index (χ2v) is 1.44. The van der Waals surface area contributed by atoms with Gasteiger partial charge in [-0.2, -0.15) is 0 Å². The molecule has 0 aliphatic rings. The fourth-order valence-electron chi connectivity index (χ4n) is 0.0827. The molecule has 3 nitrogen and oxygen atoms in total. The van der Waals surface area contributed by atoms with E-state index in [2.05, 4.69) is 30.0 Å². The van der Waals surface area contributed by atoms with Gasteiger partial charge in [-0.25, -0.2) is 4.79 Å². The van der Waals surface area contributed by atoms with Crippen LogP contribution in [0.25, 0.3) is 0 Å². The fourth-order valence-corrected chi connectivity index (χ4v) is 0.329. The van der Waals surface area contributed by atoms with E-state index in [9.17, 15) is 4.79 Å². The van der Waals surface area contributed by atoms with E-state index < -0.39 is 10.5 Å². The quantitative estimate of drug-likeness (QED) is 0.201. The zero-order valence-electron chi connectivity index (χ0n) is 3.21. The molecule has 0 saturated heterocycles. The Labute approximate surface area is 51.4 Å². The predicted molar refractivity (Wildman–Crippen MR) is 32.2 cm³/mol. The monoisotopic (exact) mass is 137 g/mol. The van der Waals surface area contributed by atoms with E-state index in [0.717, 1.165) is 0 Å². The van der Waals surface area contributed by atoms with Crippen molar-refractivity contribution in [3.05, 3.63) is 0 Å². The van der Waals surface area contributed by atoms with Crippen LogP contribution in [0.15, 0.2) is 0 Å². The number of hydrogen-bond donors (Lipinski definition) is 3. The van der Waals surface area contributed by atoms with Gasteiger partial charge in [0.05, 0.1) is 0 Å². The summed E-state index contributed by atoms with van der Waals surface area (Å²) in [7, 11) is 0. The number of nitrogens with one attached hydrogen (secondary N) is 1. The standard InChI is InChI=1S/C2H3NO2S2/c3-1(6)5-2(4)7/h(H2,3,6)(H,4,7). The molecule has 0 unspecified atom stereocenters. The summed E-state index contributed by atoms with van der Waals surface area (Å²) in [6.45, 7) is 0. The van der Waals surface area contributed by atoms with Crippen LogP contribution in [0, 0.1) is 5.41 Å². The van der Waals surface area contributed by atoms with E-state index in [0.29, 0.717) is 0 Å². The van der Waals surface area contributed by atoms with E-state index in [4.69, 9.17) is 5.41 Å². The van der Waals surface area contributed by atoms with Crippen LogP contribution in [0.4, 0.5) is 4.79 Å². The zero-order chi connectivity index (χ0) is 5.86. The van der Waals surface area contributed by atoms with Crippen LogP contribution in [0.5, 0.6) is 0 Å². The maximum Gasteiger partial charge on any atom is 0.371 e. The van der Waals surface area contributed by atoms with Gasteiger partial charge in [0.25, 0.3) is 0 Å². The Morgan fingerprint density at radius 1 is 1.57 bits per heavy atom. The lowest BCUT2D eigenvalue weighted by molar-refractivity contribution is 0.226. The van der Waals surface area contributed by atoms with Crippen molar-refractivity contribution in [1.29, 1.82) is 5.41 Å². The molecule has 40 valence electrons. The maximum atomic E-state index is 9.71. The molecule has 0 rings (SSSR count). The third kappa shape index (κ3) is 5.84. The summed E-state index contributed by atoms with van der Waals surface area (Å²) in [4.78, 5) is 9.71. The molecule has 0 saturated carbocycles. The highest BCUT2D eigenvalue weighted by molar-refractivity contribution is 7.98. The molecule has 0 aliphatic heterocycles. The highest BCUT2D eigenvalue weighted by Gasteiger charge is 1.92. The van der Waals surface area contributed by atoms with Crippen molar-refractivity contribution < 1.29 is 9.53 Å². The molecule has 0 bridgehead atoms.